The number of nitrogens with zero attached hydrogens (tertiary/aromatic N) is 8. The maximum atomic E-state index is 14.4. The fraction of sp³-hybridized carbons (Fsp3) is 0.208. The molecule has 2 N–H and O–H groups in total. The highest BCUT2D eigenvalue weighted by atomic mass is 127. The van der Waals surface area contributed by atoms with E-state index in [9.17, 15) is 34.4 Å². The SMILES string of the molecule is COc1ccc(CN(Cc2ccc(OC)cc2)S(=O)(=O)c2c(S(=O)O)ccc(I)c2C2=NCN=N2)cc1.COc1ccc(CN(Cc2ccc(OC)cc2)S(=O)(=O)c2c(S(=O)O)ccc(I)c2C2=NN=NC2)cc1. The van der Waals surface area contributed by atoms with Crippen molar-refractivity contribution < 1.29 is 53.3 Å². The second-order valence-electron chi connectivity index (χ2n) is 15.7. The molecule has 20 nitrogen and oxygen atoms in total. The standard InChI is InChI=1S/2C24H23IN4O6S2/c1-34-18-7-3-16(4-8-18)14-29(15-17-5-9-19(35-2)10-6-17)37(32,33)24-22(36(30)31)12-11-20(25)23(24)21-13-26-28-27-21;1-34-18-7-3-16(4-8-18)13-29(14-17-5-9-19(35-2)10-6-17)37(32,33)23-21(36(30)31)12-11-20(25)22(23)24-26-15-27-28-24/h2*3-12H,13-15H2,1-2H3,(H,30,31). The Morgan fingerprint density at radius 3 is 1.18 bits per heavy atom. The highest BCUT2D eigenvalue weighted by molar-refractivity contribution is 14.1. The monoisotopic (exact) mass is 1310 g/mol. The number of sulfonamides is 2. The van der Waals surface area contributed by atoms with Gasteiger partial charge in [0.15, 0.2) is 34.7 Å². The molecule has 0 saturated carbocycles. The predicted octanol–water partition coefficient (Wildman–Crippen LogP) is 8.90. The van der Waals surface area contributed by atoms with Gasteiger partial charge < -0.3 is 28.1 Å². The van der Waals surface area contributed by atoms with E-state index in [-0.39, 0.29) is 75.9 Å². The van der Waals surface area contributed by atoms with Crippen LogP contribution in [0, 0.1) is 7.14 Å². The molecule has 2 unspecified atom stereocenters. The number of hydrogen-bond donors (Lipinski definition) is 2. The first kappa shape index (κ1) is 56.3. The summed E-state index contributed by atoms with van der Waals surface area (Å²) < 4.78 is 127. The molecule has 2 heterocycles. The minimum Gasteiger partial charge on any atom is -0.497 e. The molecule has 0 fully saturated rings. The lowest BCUT2D eigenvalue weighted by Crippen LogP contribution is -2.33. The van der Waals surface area contributed by atoms with Crippen molar-refractivity contribution in [2.75, 3.05) is 41.7 Å². The van der Waals surface area contributed by atoms with Crippen LogP contribution in [0.4, 0.5) is 0 Å². The number of azo groups is 1. The molecule has 6 aromatic carbocycles. The topological polar surface area (TPSA) is 260 Å². The first-order valence-electron chi connectivity index (χ1n) is 21.7. The van der Waals surface area contributed by atoms with Crippen LogP contribution in [0.5, 0.6) is 23.0 Å². The zero-order valence-electron chi connectivity index (χ0n) is 39.7. The number of hydrogen-bond acceptors (Lipinski definition) is 16. The lowest BCUT2D eigenvalue weighted by atomic mass is 10.1. The van der Waals surface area contributed by atoms with Gasteiger partial charge in [0.2, 0.25) is 20.0 Å². The maximum Gasteiger partial charge on any atom is 0.245 e. The summed E-state index contributed by atoms with van der Waals surface area (Å²) in [5.74, 6) is 2.64. The van der Waals surface area contributed by atoms with E-state index in [1.165, 1.54) is 20.7 Å². The van der Waals surface area contributed by atoms with Gasteiger partial charge in [0.25, 0.3) is 0 Å². The largest absolute Gasteiger partial charge is 0.497 e. The maximum absolute atomic E-state index is 14.4. The summed E-state index contributed by atoms with van der Waals surface area (Å²) in [4.78, 5) is 3.10. The molecule has 6 aromatic rings. The molecule has 8 rings (SSSR count). The average molecular weight is 1310 g/mol. The van der Waals surface area contributed by atoms with Crippen LogP contribution in [-0.2, 0) is 68.4 Å². The third-order valence-electron chi connectivity index (χ3n) is 11.2. The molecule has 0 saturated heterocycles. The summed E-state index contributed by atoms with van der Waals surface area (Å²) in [6, 6.07) is 33.9. The molecular weight excluding hydrogens is 1260 g/mol. The number of aliphatic imine (C=N–C) groups is 1. The summed E-state index contributed by atoms with van der Waals surface area (Å²) in [6.07, 6.45) is 0. The summed E-state index contributed by atoms with van der Waals surface area (Å²) in [5, 5.41) is 19.3. The molecule has 0 radical (unpaired) electrons. The van der Waals surface area contributed by atoms with E-state index in [4.69, 9.17) is 18.9 Å². The fourth-order valence-corrected chi connectivity index (χ4v) is 14.6. The quantitative estimate of drug-likeness (QED) is 0.0536. The molecule has 0 spiro atoms. The Balaban J connectivity index is 0.000000216. The first-order valence-corrected chi connectivity index (χ1v) is 29.0. The van der Waals surface area contributed by atoms with Gasteiger partial charge in [-0.05, 0) is 145 Å². The van der Waals surface area contributed by atoms with Crippen molar-refractivity contribution in [3.63, 3.8) is 0 Å². The van der Waals surface area contributed by atoms with Crippen LogP contribution in [-0.4, -0.2) is 96.2 Å². The average Bonchev–Trinajstić information content (AvgIpc) is 4.15. The van der Waals surface area contributed by atoms with E-state index < -0.39 is 42.2 Å². The van der Waals surface area contributed by atoms with Crippen molar-refractivity contribution in [2.45, 2.75) is 45.8 Å². The Morgan fingerprint density at radius 1 is 0.527 bits per heavy atom. The molecule has 0 aromatic heterocycles. The minimum atomic E-state index is -4.36. The number of methoxy groups -OCH3 is 4. The van der Waals surface area contributed by atoms with Crippen LogP contribution in [0.25, 0.3) is 0 Å². The van der Waals surface area contributed by atoms with Crippen LogP contribution >= 0.6 is 45.2 Å². The van der Waals surface area contributed by atoms with Gasteiger partial charge in [-0.15, -0.1) is 10.2 Å². The molecule has 0 bridgehead atoms. The molecule has 388 valence electrons. The zero-order valence-corrected chi connectivity index (χ0v) is 47.3. The van der Waals surface area contributed by atoms with Crippen LogP contribution in [0.1, 0.15) is 33.4 Å². The predicted molar refractivity (Wildman–Crippen MR) is 294 cm³/mol. The summed E-state index contributed by atoms with van der Waals surface area (Å²) >= 11 is -1.22. The third kappa shape index (κ3) is 13.3. The van der Waals surface area contributed by atoms with E-state index in [0.717, 1.165) is 0 Å². The van der Waals surface area contributed by atoms with E-state index in [1.54, 1.807) is 138 Å². The van der Waals surface area contributed by atoms with E-state index in [0.29, 0.717) is 58.1 Å². The smallest absolute Gasteiger partial charge is 0.245 e. The molecule has 74 heavy (non-hydrogen) atoms. The van der Waals surface area contributed by atoms with Crippen molar-refractivity contribution in [1.82, 2.24) is 8.61 Å². The molecule has 2 aliphatic rings. The summed E-state index contributed by atoms with van der Waals surface area (Å²) in [6.45, 7) is 0.114. The van der Waals surface area contributed by atoms with Crippen molar-refractivity contribution in [3.05, 3.63) is 162 Å². The van der Waals surface area contributed by atoms with Crippen molar-refractivity contribution in [1.29, 1.82) is 0 Å². The number of rotatable bonds is 20. The number of amidine groups is 1. The van der Waals surface area contributed by atoms with Crippen LogP contribution < -0.4 is 18.9 Å². The van der Waals surface area contributed by atoms with Gasteiger partial charge in [-0.3, -0.25) is 0 Å². The Labute approximate surface area is 460 Å². The first-order chi connectivity index (χ1) is 35.5. The Hall–Kier alpha value is -5.44. The highest BCUT2D eigenvalue weighted by Crippen LogP contribution is 2.36. The zero-order chi connectivity index (χ0) is 53.2. The Morgan fingerprint density at radius 2 is 0.878 bits per heavy atom. The second kappa shape index (κ2) is 25.4. The van der Waals surface area contributed by atoms with E-state index >= 15 is 0 Å². The van der Waals surface area contributed by atoms with Crippen molar-refractivity contribution in [3.8, 4) is 23.0 Å². The van der Waals surface area contributed by atoms with Gasteiger partial charge in [-0.2, -0.15) is 18.8 Å². The molecule has 0 amide bonds. The van der Waals surface area contributed by atoms with Crippen LogP contribution in [0.3, 0.4) is 0 Å². The number of benzene rings is 6. The second-order valence-corrected chi connectivity index (χ2v) is 23.7. The van der Waals surface area contributed by atoms with Gasteiger partial charge in [-0.1, -0.05) is 48.5 Å². The minimum absolute atomic E-state index is 0.00198. The van der Waals surface area contributed by atoms with Gasteiger partial charge in [0.1, 0.15) is 39.3 Å². The summed E-state index contributed by atoms with van der Waals surface area (Å²) in [7, 11) is -2.51. The number of halogens is 2. The van der Waals surface area contributed by atoms with Crippen molar-refractivity contribution >= 4 is 98.9 Å². The molecule has 2 aliphatic heterocycles. The van der Waals surface area contributed by atoms with E-state index in [1.807, 2.05) is 45.2 Å². The van der Waals surface area contributed by atoms with Crippen molar-refractivity contribution in [2.24, 2.45) is 30.7 Å². The summed E-state index contributed by atoms with van der Waals surface area (Å²) in [5.41, 5.74) is 3.50. The molecule has 26 heteroatoms. The van der Waals surface area contributed by atoms with Gasteiger partial charge in [0.05, 0.1) is 49.5 Å². The lowest BCUT2D eigenvalue weighted by molar-refractivity contribution is 0.396. The number of ether oxygens (including phenoxy) is 4. The third-order valence-corrected chi connectivity index (χ3v) is 18.4. The van der Waals surface area contributed by atoms with Gasteiger partial charge >= 0.3 is 0 Å². The highest BCUT2D eigenvalue weighted by Gasteiger charge is 2.37. The molecule has 0 aliphatic carbocycles. The lowest BCUT2D eigenvalue weighted by Gasteiger charge is -2.25. The van der Waals surface area contributed by atoms with Gasteiger partial charge in [-0.25, -0.2) is 30.2 Å². The Bertz CT molecular complexity index is 3310. The van der Waals surface area contributed by atoms with Crippen LogP contribution in [0.15, 0.2) is 172 Å². The molecule has 2 atom stereocenters. The van der Waals surface area contributed by atoms with Crippen LogP contribution in [0.2, 0.25) is 0 Å². The molecular formula is C48H46I2N8O12S4. The fourth-order valence-electron chi connectivity index (χ4n) is 7.49. The normalized spacial score (nSPS) is 14.0. The van der Waals surface area contributed by atoms with E-state index in [2.05, 4.69) is 30.7 Å². The Kier molecular flexibility index (Phi) is 19.3. The van der Waals surface area contributed by atoms with Gasteiger partial charge in [0, 0.05) is 38.9 Å².